The first kappa shape index (κ1) is 26.4. The second-order valence-electron chi connectivity index (χ2n) is 8.09. The molecule has 4 rings (SSSR count). The number of carboxylic acid groups (broad SMARTS) is 1. The summed E-state index contributed by atoms with van der Waals surface area (Å²) in [7, 11) is 0. The van der Waals surface area contributed by atoms with E-state index < -0.39 is 12.1 Å². The monoisotopic (exact) mass is 506 g/mol. The van der Waals surface area contributed by atoms with E-state index in [1.165, 1.54) is 11.1 Å². The van der Waals surface area contributed by atoms with Gasteiger partial charge in [-0.05, 0) is 80.7 Å². The molecule has 2 aromatic rings. The molecular weight excluding hydrogens is 481 g/mol. The first-order valence-corrected chi connectivity index (χ1v) is 11.8. The summed E-state index contributed by atoms with van der Waals surface area (Å²) in [5, 5.41) is 26.8. The van der Waals surface area contributed by atoms with E-state index in [0.717, 1.165) is 37.2 Å². The number of benzene rings is 2. The maximum Gasteiger partial charge on any atom is 0.490 e. The summed E-state index contributed by atoms with van der Waals surface area (Å²) in [5.74, 6) is -2.12. The van der Waals surface area contributed by atoms with Gasteiger partial charge in [-0.3, -0.25) is 0 Å². The normalized spacial score (nSPS) is 17.2. The van der Waals surface area contributed by atoms with Gasteiger partial charge in [-0.2, -0.15) is 23.5 Å². The lowest BCUT2D eigenvalue weighted by molar-refractivity contribution is -0.192. The Labute approximate surface area is 205 Å². The van der Waals surface area contributed by atoms with E-state index in [9.17, 15) is 18.4 Å². The fourth-order valence-corrected chi connectivity index (χ4v) is 4.49. The number of nitrogens with one attached hydrogen (secondary N) is 1. The predicted octanol–water partition coefficient (Wildman–Crippen LogP) is 4.86. The molecule has 2 aliphatic rings. The minimum Gasteiger partial charge on any atom is -0.490 e. The lowest BCUT2D eigenvalue weighted by atomic mass is 10.0. The van der Waals surface area contributed by atoms with Crippen LogP contribution in [-0.2, 0) is 17.6 Å². The number of hydrogen-bond donors (Lipinski definition) is 2. The van der Waals surface area contributed by atoms with Gasteiger partial charge < -0.3 is 15.2 Å². The van der Waals surface area contributed by atoms with Crippen LogP contribution in [0.25, 0.3) is 0 Å². The van der Waals surface area contributed by atoms with Crippen LogP contribution >= 0.6 is 11.8 Å². The average Bonchev–Trinajstić information content (AvgIpc) is 3.17. The number of hydrogen-bond acceptors (Lipinski definition) is 7. The molecule has 0 amide bonds. The zero-order chi connectivity index (χ0) is 25.6. The Bertz CT molecular complexity index is 1130. The van der Waals surface area contributed by atoms with Gasteiger partial charge in [0.2, 0.25) is 0 Å². The summed E-state index contributed by atoms with van der Waals surface area (Å²) >= 11 is 1.65. The van der Waals surface area contributed by atoms with Crippen LogP contribution in [0.15, 0.2) is 41.5 Å². The number of halogens is 3. The van der Waals surface area contributed by atoms with E-state index in [4.69, 9.17) is 14.6 Å². The first-order valence-electron chi connectivity index (χ1n) is 10.9. The summed E-state index contributed by atoms with van der Waals surface area (Å²) in [4.78, 5) is 8.90. The van der Waals surface area contributed by atoms with Gasteiger partial charge in [-0.15, -0.1) is 0 Å². The van der Waals surface area contributed by atoms with E-state index in [1.807, 2.05) is 42.6 Å². The third-order valence-electron chi connectivity index (χ3n) is 5.19. The first-order chi connectivity index (χ1) is 16.6. The van der Waals surface area contributed by atoms with Crippen LogP contribution < -0.4 is 15.1 Å². The molecule has 0 aliphatic carbocycles. The highest BCUT2D eigenvalue weighted by atomic mass is 32.2. The summed E-state index contributed by atoms with van der Waals surface area (Å²) in [6, 6.07) is 14.8. The average molecular weight is 507 g/mol. The van der Waals surface area contributed by atoms with Gasteiger partial charge in [0.15, 0.2) is 0 Å². The molecule has 0 spiro atoms. The standard InChI is InChI=1S/C22H24N4OS.C2HF3O2/c1-15(2)27-21-6-4-18(11-19(21)13-23)22-26(25-14-28-22)20-5-3-16-7-9-24-10-8-17(16)12-20;3-2(4,5)1(6)7/h3-6,11-12,14-15,22,24H,7-10H2,1-2H3;(H,6,7). The smallest absolute Gasteiger partial charge is 0.490 e. The van der Waals surface area contributed by atoms with Gasteiger partial charge in [0.05, 0.1) is 22.9 Å². The maximum atomic E-state index is 10.6. The quantitative estimate of drug-likeness (QED) is 0.611. The third kappa shape index (κ3) is 6.90. The topological polar surface area (TPSA) is 98.0 Å². The fraction of sp³-hybridized carbons (Fsp3) is 0.375. The van der Waals surface area contributed by atoms with Gasteiger partial charge in [0.1, 0.15) is 17.2 Å². The van der Waals surface area contributed by atoms with Crippen LogP contribution in [0.1, 0.15) is 41.5 Å². The number of hydrazone groups is 1. The summed E-state index contributed by atoms with van der Waals surface area (Å²) in [5.41, 5.74) is 7.39. The van der Waals surface area contributed by atoms with E-state index in [1.54, 1.807) is 11.8 Å². The van der Waals surface area contributed by atoms with Crippen molar-refractivity contribution in [1.29, 1.82) is 5.26 Å². The van der Waals surface area contributed by atoms with Gasteiger partial charge in [0, 0.05) is 0 Å². The van der Waals surface area contributed by atoms with Crippen LogP contribution in [0, 0.1) is 11.3 Å². The second kappa shape index (κ2) is 11.5. The lowest BCUT2D eigenvalue weighted by Gasteiger charge is -2.24. The van der Waals surface area contributed by atoms with Gasteiger partial charge in [-0.25, -0.2) is 9.80 Å². The molecule has 0 saturated heterocycles. The number of thioether (sulfide) groups is 1. The molecule has 186 valence electrons. The minimum atomic E-state index is -5.08. The molecule has 0 bridgehead atoms. The number of anilines is 1. The van der Waals surface area contributed by atoms with Crippen molar-refractivity contribution in [1.82, 2.24) is 5.32 Å². The van der Waals surface area contributed by atoms with Crippen LogP contribution in [-0.4, -0.2) is 42.0 Å². The zero-order valence-corrected chi connectivity index (χ0v) is 20.0. The Morgan fingerprint density at radius 3 is 2.54 bits per heavy atom. The van der Waals surface area contributed by atoms with E-state index in [-0.39, 0.29) is 11.5 Å². The molecule has 1 unspecified atom stereocenters. The van der Waals surface area contributed by atoms with Crippen LogP contribution in [0.2, 0.25) is 0 Å². The van der Waals surface area contributed by atoms with E-state index in [0.29, 0.717) is 11.3 Å². The Morgan fingerprint density at radius 1 is 1.23 bits per heavy atom. The number of carboxylic acids is 1. The molecule has 0 aromatic heterocycles. The Morgan fingerprint density at radius 2 is 1.91 bits per heavy atom. The number of nitriles is 1. The number of carbonyl (C=O) groups is 1. The molecule has 11 heteroatoms. The fourth-order valence-electron chi connectivity index (χ4n) is 3.62. The summed E-state index contributed by atoms with van der Waals surface area (Å²) in [6.07, 6.45) is -2.94. The number of alkyl halides is 3. The molecule has 2 heterocycles. The van der Waals surface area contributed by atoms with E-state index in [2.05, 4.69) is 34.7 Å². The van der Waals surface area contributed by atoms with Crippen molar-refractivity contribution in [3.8, 4) is 11.8 Å². The highest BCUT2D eigenvalue weighted by Crippen LogP contribution is 2.41. The molecule has 0 fully saturated rings. The molecule has 2 aliphatic heterocycles. The Hall–Kier alpha value is -3.23. The number of nitrogens with zero attached hydrogens (tertiary/aromatic N) is 3. The SMILES string of the molecule is CC(C)Oc1ccc(C2SC=NN2c2ccc3c(c2)CCNCC3)cc1C#N.O=C(O)C(F)(F)F. The number of ether oxygens (including phenoxy) is 1. The Kier molecular flexibility index (Phi) is 8.64. The Balaban J connectivity index is 0.000000429. The van der Waals surface area contributed by atoms with Gasteiger partial charge in [0.25, 0.3) is 0 Å². The minimum absolute atomic E-state index is 0.0159. The summed E-state index contributed by atoms with van der Waals surface area (Å²) < 4.78 is 37.5. The number of aliphatic carboxylic acids is 1. The van der Waals surface area contributed by atoms with Crippen LogP contribution in [0.5, 0.6) is 5.75 Å². The van der Waals surface area contributed by atoms with Gasteiger partial charge in [-0.1, -0.05) is 23.9 Å². The lowest BCUT2D eigenvalue weighted by Crippen LogP contribution is -2.21. The molecule has 2 N–H and O–H groups in total. The van der Waals surface area contributed by atoms with Crippen molar-refractivity contribution in [3.05, 3.63) is 58.7 Å². The predicted molar refractivity (Wildman–Crippen MR) is 129 cm³/mol. The molecule has 7 nitrogen and oxygen atoms in total. The largest absolute Gasteiger partial charge is 0.490 e. The number of fused-ring (bicyclic) bond motifs is 1. The molecule has 0 radical (unpaired) electrons. The highest BCUT2D eigenvalue weighted by molar-refractivity contribution is 8.12. The van der Waals surface area contributed by atoms with Crippen molar-refractivity contribution in [2.75, 3.05) is 18.1 Å². The molecule has 0 saturated carbocycles. The maximum absolute atomic E-state index is 10.6. The highest BCUT2D eigenvalue weighted by Gasteiger charge is 2.38. The summed E-state index contributed by atoms with van der Waals surface area (Å²) in [6.45, 7) is 5.98. The zero-order valence-electron chi connectivity index (χ0n) is 19.2. The molecule has 35 heavy (non-hydrogen) atoms. The molecule has 1 atom stereocenters. The third-order valence-corrected chi connectivity index (χ3v) is 6.14. The second-order valence-corrected chi connectivity index (χ2v) is 9.02. The van der Waals surface area contributed by atoms with Crippen molar-refractivity contribution in [2.24, 2.45) is 5.10 Å². The van der Waals surface area contributed by atoms with Gasteiger partial charge >= 0.3 is 12.1 Å². The van der Waals surface area contributed by atoms with Crippen molar-refractivity contribution >= 4 is 29.0 Å². The van der Waals surface area contributed by atoms with Crippen LogP contribution in [0.3, 0.4) is 0 Å². The van der Waals surface area contributed by atoms with E-state index >= 15 is 0 Å². The van der Waals surface area contributed by atoms with Crippen molar-refractivity contribution < 1.29 is 27.8 Å². The van der Waals surface area contributed by atoms with Crippen LogP contribution in [0.4, 0.5) is 18.9 Å². The molecule has 2 aromatic carbocycles. The van der Waals surface area contributed by atoms with Crippen molar-refractivity contribution in [2.45, 2.75) is 44.3 Å². The number of rotatable bonds is 4. The van der Waals surface area contributed by atoms with Crippen molar-refractivity contribution in [3.63, 3.8) is 0 Å². The molecular formula is C24H25F3N4O3S.